The van der Waals surface area contributed by atoms with Gasteiger partial charge in [-0.15, -0.1) is 0 Å². The topological polar surface area (TPSA) is 62.5 Å². The number of hydrogen-bond donors (Lipinski definition) is 0. The third kappa shape index (κ3) is 4.19. The van der Waals surface area contributed by atoms with E-state index in [1.807, 2.05) is 36.9 Å². The van der Waals surface area contributed by atoms with Crippen LogP contribution in [0.5, 0.6) is 0 Å². The van der Waals surface area contributed by atoms with E-state index in [0.29, 0.717) is 36.9 Å². The van der Waals surface area contributed by atoms with Gasteiger partial charge in [0.05, 0.1) is 6.54 Å². The molecule has 0 unspecified atom stereocenters. The van der Waals surface area contributed by atoms with Gasteiger partial charge in [0.2, 0.25) is 0 Å². The first kappa shape index (κ1) is 19.3. The second kappa shape index (κ2) is 8.13. The van der Waals surface area contributed by atoms with Crippen LogP contribution in [0.1, 0.15) is 27.3 Å². The number of aryl methyl sites for hydroxylation is 1. The van der Waals surface area contributed by atoms with Crippen molar-refractivity contribution < 1.29 is 13.7 Å². The molecule has 6 nitrogen and oxygen atoms in total. The number of hydrogen-bond acceptors (Lipinski definition) is 5. The van der Waals surface area contributed by atoms with Crippen molar-refractivity contribution in [2.75, 3.05) is 26.2 Å². The van der Waals surface area contributed by atoms with Crippen LogP contribution in [0.4, 0.5) is 4.39 Å². The summed E-state index contributed by atoms with van der Waals surface area (Å²) in [6, 6.07) is 11.8. The molecular formula is C22H23FN4O2. The summed E-state index contributed by atoms with van der Waals surface area (Å²) in [4.78, 5) is 21.4. The Labute approximate surface area is 168 Å². The maximum Gasteiger partial charge on any atom is 0.257 e. The van der Waals surface area contributed by atoms with E-state index in [0.717, 1.165) is 29.8 Å². The van der Waals surface area contributed by atoms with Gasteiger partial charge in [0.15, 0.2) is 5.82 Å². The minimum absolute atomic E-state index is 0.0870. The average Bonchev–Trinajstić information content (AvgIpc) is 3.19. The Hall–Kier alpha value is -3.06. The zero-order valence-electron chi connectivity index (χ0n) is 16.6. The van der Waals surface area contributed by atoms with Crippen LogP contribution in [0, 0.1) is 19.7 Å². The van der Waals surface area contributed by atoms with Crippen LogP contribution in [0.3, 0.4) is 0 Å². The van der Waals surface area contributed by atoms with E-state index in [1.165, 1.54) is 12.1 Å². The van der Waals surface area contributed by atoms with E-state index in [4.69, 9.17) is 4.52 Å². The van der Waals surface area contributed by atoms with Crippen LogP contribution in [0.15, 0.2) is 47.0 Å². The Balaban J connectivity index is 1.35. The van der Waals surface area contributed by atoms with Gasteiger partial charge in [-0.25, -0.2) is 4.39 Å². The highest BCUT2D eigenvalue weighted by molar-refractivity contribution is 5.96. The predicted molar refractivity (Wildman–Crippen MR) is 107 cm³/mol. The summed E-state index contributed by atoms with van der Waals surface area (Å²) in [5, 5.41) is 4.03. The quantitative estimate of drug-likeness (QED) is 0.678. The summed E-state index contributed by atoms with van der Waals surface area (Å²) in [6.07, 6.45) is 0. The molecule has 7 heteroatoms. The Morgan fingerprint density at radius 2 is 1.79 bits per heavy atom. The van der Waals surface area contributed by atoms with Crippen molar-refractivity contribution in [1.82, 2.24) is 19.9 Å². The van der Waals surface area contributed by atoms with Gasteiger partial charge in [-0.1, -0.05) is 17.3 Å². The van der Waals surface area contributed by atoms with Crippen LogP contribution in [-0.2, 0) is 6.54 Å². The zero-order valence-corrected chi connectivity index (χ0v) is 16.6. The van der Waals surface area contributed by atoms with E-state index in [2.05, 4.69) is 15.0 Å². The number of benzene rings is 2. The molecule has 0 radical (unpaired) electrons. The number of carbonyl (C=O) groups excluding carboxylic acids is 1. The normalized spacial score (nSPS) is 14.9. The van der Waals surface area contributed by atoms with Gasteiger partial charge in [0.1, 0.15) is 5.82 Å². The van der Waals surface area contributed by atoms with Crippen molar-refractivity contribution in [2.24, 2.45) is 0 Å². The molecular weight excluding hydrogens is 371 g/mol. The number of aromatic nitrogens is 2. The summed E-state index contributed by atoms with van der Waals surface area (Å²) in [7, 11) is 0. The van der Waals surface area contributed by atoms with E-state index < -0.39 is 0 Å². The second-order valence-electron chi connectivity index (χ2n) is 7.34. The molecule has 1 aliphatic rings. The van der Waals surface area contributed by atoms with Crippen LogP contribution in [0.2, 0.25) is 0 Å². The standard InChI is InChI=1S/C22H23FN4O2/c1-15-4-3-5-19(16(15)2)22(28)27-12-10-26(11-13-27)14-20-24-21(29-25-20)17-6-8-18(23)9-7-17/h3-9H,10-14H2,1-2H3. The molecule has 2 heterocycles. The van der Waals surface area contributed by atoms with Crippen molar-refractivity contribution in [3.8, 4) is 11.5 Å². The SMILES string of the molecule is Cc1cccc(C(=O)N2CCN(Cc3noc(-c4ccc(F)cc4)n3)CC2)c1C. The highest BCUT2D eigenvalue weighted by atomic mass is 19.1. The van der Waals surface area contributed by atoms with Crippen molar-refractivity contribution in [3.63, 3.8) is 0 Å². The van der Waals surface area contributed by atoms with E-state index in [9.17, 15) is 9.18 Å². The molecule has 1 aromatic heterocycles. The summed E-state index contributed by atoms with van der Waals surface area (Å²) >= 11 is 0. The van der Waals surface area contributed by atoms with E-state index >= 15 is 0 Å². The van der Waals surface area contributed by atoms with Gasteiger partial charge >= 0.3 is 0 Å². The number of amides is 1. The fourth-order valence-corrected chi connectivity index (χ4v) is 3.49. The molecule has 29 heavy (non-hydrogen) atoms. The van der Waals surface area contributed by atoms with Gasteiger partial charge in [-0.2, -0.15) is 4.98 Å². The molecule has 2 aromatic carbocycles. The first-order chi connectivity index (χ1) is 14.0. The predicted octanol–water partition coefficient (Wildman–Crippen LogP) is 3.45. The van der Waals surface area contributed by atoms with Crippen LogP contribution in [0.25, 0.3) is 11.5 Å². The van der Waals surface area contributed by atoms with Gasteiger partial charge in [0.25, 0.3) is 11.8 Å². The summed E-state index contributed by atoms with van der Waals surface area (Å²) in [5.74, 6) is 0.744. The Morgan fingerprint density at radius 3 is 2.52 bits per heavy atom. The summed E-state index contributed by atoms with van der Waals surface area (Å²) in [6.45, 7) is 7.39. The average molecular weight is 394 g/mol. The molecule has 150 valence electrons. The number of halogens is 1. The lowest BCUT2D eigenvalue weighted by Crippen LogP contribution is -2.48. The second-order valence-corrected chi connectivity index (χ2v) is 7.34. The zero-order chi connectivity index (χ0) is 20.4. The number of rotatable bonds is 4. The van der Waals surface area contributed by atoms with Gasteiger partial charge in [0, 0.05) is 37.3 Å². The number of piperazine rings is 1. The molecule has 4 rings (SSSR count). The molecule has 1 amide bonds. The van der Waals surface area contributed by atoms with Crippen LogP contribution >= 0.6 is 0 Å². The fraction of sp³-hybridized carbons (Fsp3) is 0.318. The van der Waals surface area contributed by atoms with E-state index in [1.54, 1.807) is 12.1 Å². The third-order valence-electron chi connectivity index (χ3n) is 5.42. The monoisotopic (exact) mass is 394 g/mol. The molecule has 3 aromatic rings. The first-order valence-corrected chi connectivity index (χ1v) is 9.67. The van der Waals surface area contributed by atoms with Crippen molar-refractivity contribution in [1.29, 1.82) is 0 Å². The largest absolute Gasteiger partial charge is 0.336 e. The molecule has 1 fully saturated rings. The first-order valence-electron chi connectivity index (χ1n) is 9.67. The Bertz CT molecular complexity index is 1010. The maximum atomic E-state index is 13.1. The molecule has 0 bridgehead atoms. The minimum atomic E-state index is -0.304. The molecule has 1 aliphatic heterocycles. The number of carbonyl (C=O) groups is 1. The lowest BCUT2D eigenvalue weighted by molar-refractivity contribution is 0.0623. The third-order valence-corrected chi connectivity index (χ3v) is 5.42. The van der Waals surface area contributed by atoms with Gasteiger partial charge in [-0.05, 0) is 55.3 Å². The minimum Gasteiger partial charge on any atom is -0.336 e. The van der Waals surface area contributed by atoms with Crippen molar-refractivity contribution in [2.45, 2.75) is 20.4 Å². The van der Waals surface area contributed by atoms with Crippen LogP contribution in [-0.4, -0.2) is 52.0 Å². The summed E-state index contributed by atoms with van der Waals surface area (Å²) < 4.78 is 18.4. The molecule has 0 aliphatic carbocycles. The smallest absolute Gasteiger partial charge is 0.257 e. The number of nitrogens with zero attached hydrogens (tertiary/aromatic N) is 4. The van der Waals surface area contributed by atoms with Crippen LogP contribution < -0.4 is 0 Å². The van der Waals surface area contributed by atoms with Crippen molar-refractivity contribution in [3.05, 3.63) is 70.8 Å². The fourth-order valence-electron chi connectivity index (χ4n) is 3.49. The molecule has 0 spiro atoms. The van der Waals surface area contributed by atoms with Crippen molar-refractivity contribution >= 4 is 5.91 Å². The Morgan fingerprint density at radius 1 is 1.07 bits per heavy atom. The highest BCUT2D eigenvalue weighted by Crippen LogP contribution is 2.19. The lowest BCUT2D eigenvalue weighted by atomic mass is 10.0. The lowest BCUT2D eigenvalue weighted by Gasteiger charge is -2.34. The molecule has 0 saturated carbocycles. The molecule has 1 saturated heterocycles. The van der Waals surface area contributed by atoms with Gasteiger partial charge < -0.3 is 9.42 Å². The Kier molecular flexibility index (Phi) is 5.40. The highest BCUT2D eigenvalue weighted by Gasteiger charge is 2.24. The van der Waals surface area contributed by atoms with E-state index in [-0.39, 0.29) is 11.7 Å². The summed E-state index contributed by atoms with van der Waals surface area (Å²) in [5.41, 5.74) is 3.64. The molecule has 0 atom stereocenters. The van der Waals surface area contributed by atoms with Gasteiger partial charge in [-0.3, -0.25) is 9.69 Å². The molecule has 0 N–H and O–H groups in total. The maximum absolute atomic E-state index is 13.1.